The van der Waals surface area contributed by atoms with Crippen LogP contribution in [0.25, 0.3) is 0 Å². The van der Waals surface area contributed by atoms with Crippen molar-refractivity contribution in [2.45, 2.75) is 41.5 Å². The van der Waals surface area contributed by atoms with E-state index in [4.69, 9.17) is 0 Å². The van der Waals surface area contributed by atoms with E-state index in [1.807, 2.05) is 13.8 Å². The molecule has 16 heavy (non-hydrogen) atoms. The molecule has 0 atom stereocenters. The van der Waals surface area contributed by atoms with Gasteiger partial charge < -0.3 is 0 Å². The van der Waals surface area contributed by atoms with Crippen LogP contribution in [0.1, 0.15) is 41.5 Å². The summed E-state index contributed by atoms with van der Waals surface area (Å²) in [4.78, 5) is 11.9. The zero-order valence-corrected chi connectivity index (χ0v) is 11.1. The number of carbonyl (C=O) groups is 1. The molecular weight excluding hydrogens is 196 g/mol. The Morgan fingerprint density at radius 2 is 1.12 bits per heavy atom. The van der Waals surface area contributed by atoms with Crippen LogP contribution in [0.3, 0.4) is 0 Å². The van der Waals surface area contributed by atoms with Crippen LogP contribution in [0.15, 0.2) is 45.6 Å². The fourth-order valence-electron chi connectivity index (χ4n) is 1.88. The van der Waals surface area contributed by atoms with Crippen molar-refractivity contribution >= 4 is 5.78 Å². The monoisotopic (exact) mass is 216 g/mol. The third-order valence-corrected chi connectivity index (χ3v) is 2.65. The summed E-state index contributed by atoms with van der Waals surface area (Å²) < 4.78 is 0. The van der Waals surface area contributed by atoms with Crippen molar-refractivity contribution in [3.05, 3.63) is 45.6 Å². The van der Waals surface area contributed by atoms with Crippen LogP contribution in [0.4, 0.5) is 0 Å². The molecule has 0 aromatic rings. The normalized spacial score (nSPS) is 15.8. The molecule has 0 aromatic carbocycles. The molecule has 0 saturated carbocycles. The Kier molecular flexibility index (Phi) is 3.69. The highest BCUT2D eigenvalue weighted by Crippen LogP contribution is 2.32. The predicted molar refractivity (Wildman–Crippen MR) is 69.3 cm³/mol. The summed E-state index contributed by atoms with van der Waals surface area (Å²) >= 11 is 0. The summed E-state index contributed by atoms with van der Waals surface area (Å²) in [6.45, 7) is 12.0. The van der Waals surface area contributed by atoms with Gasteiger partial charge in [0.25, 0.3) is 0 Å². The summed E-state index contributed by atoms with van der Waals surface area (Å²) in [5.41, 5.74) is 6.35. The fraction of sp³-hybridized carbons (Fsp3) is 0.400. The van der Waals surface area contributed by atoms with Gasteiger partial charge in [-0.05, 0) is 52.7 Å². The van der Waals surface area contributed by atoms with Crippen LogP contribution in [0.2, 0.25) is 0 Å². The molecule has 0 bridgehead atoms. The van der Waals surface area contributed by atoms with E-state index in [1.54, 1.807) is 0 Å². The Morgan fingerprint density at radius 1 is 0.812 bits per heavy atom. The van der Waals surface area contributed by atoms with Gasteiger partial charge in [0.15, 0.2) is 5.78 Å². The molecule has 0 aliphatic heterocycles. The summed E-state index contributed by atoms with van der Waals surface area (Å²) in [5, 5.41) is 0. The standard InChI is InChI=1S/C15H20O/c1-9(2)7-13-11(5)15(16)12(6)14(13)8-10(3)4/h7-8H,1-6H3. The predicted octanol–water partition coefficient (Wildman–Crippen LogP) is 4.13. The van der Waals surface area contributed by atoms with Gasteiger partial charge in [-0.15, -0.1) is 0 Å². The molecule has 0 amide bonds. The van der Waals surface area contributed by atoms with Crippen LogP contribution in [-0.4, -0.2) is 5.78 Å². The maximum Gasteiger partial charge on any atom is 0.185 e. The van der Waals surface area contributed by atoms with Gasteiger partial charge in [0.1, 0.15) is 0 Å². The number of allylic oxidation sites excluding steroid dienone is 8. The molecular formula is C15H20O. The van der Waals surface area contributed by atoms with Crippen LogP contribution in [0, 0.1) is 0 Å². The second kappa shape index (κ2) is 4.65. The van der Waals surface area contributed by atoms with Gasteiger partial charge in [0.2, 0.25) is 0 Å². The summed E-state index contributed by atoms with van der Waals surface area (Å²) in [5.74, 6) is 0.181. The van der Waals surface area contributed by atoms with E-state index in [2.05, 4.69) is 39.8 Å². The number of hydrogen-bond donors (Lipinski definition) is 0. The van der Waals surface area contributed by atoms with Gasteiger partial charge in [-0.2, -0.15) is 0 Å². The average molecular weight is 216 g/mol. The molecule has 1 aliphatic rings. The van der Waals surface area contributed by atoms with Crippen LogP contribution < -0.4 is 0 Å². The maximum atomic E-state index is 11.9. The highest BCUT2D eigenvalue weighted by Gasteiger charge is 2.23. The van der Waals surface area contributed by atoms with E-state index in [0.717, 1.165) is 22.3 Å². The Morgan fingerprint density at radius 3 is 1.38 bits per heavy atom. The Hall–Kier alpha value is -1.37. The number of Topliss-reactive ketones (excluding diaryl/α,β-unsaturated/α-hetero) is 1. The van der Waals surface area contributed by atoms with Crippen molar-refractivity contribution < 1.29 is 4.79 Å². The zero-order chi connectivity index (χ0) is 12.5. The minimum absolute atomic E-state index is 0.181. The molecule has 1 aliphatic carbocycles. The summed E-state index contributed by atoms with van der Waals surface area (Å²) in [7, 11) is 0. The second-order valence-corrected chi connectivity index (χ2v) is 4.85. The van der Waals surface area contributed by atoms with E-state index in [-0.39, 0.29) is 5.78 Å². The van der Waals surface area contributed by atoms with Gasteiger partial charge in [0.05, 0.1) is 0 Å². The molecule has 0 unspecified atom stereocenters. The first-order valence-electron chi connectivity index (χ1n) is 5.61. The SMILES string of the molecule is CC(C)=CC1=C(C)C(=O)C(C)=C1C=C(C)C. The molecule has 86 valence electrons. The first kappa shape index (κ1) is 12.7. The summed E-state index contributed by atoms with van der Waals surface area (Å²) in [6.07, 6.45) is 4.19. The van der Waals surface area contributed by atoms with Crippen LogP contribution in [-0.2, 0) is 4.79 Å². The minimum Gasteiger partial charge on any atom is -0.289 e. The highest BCUT2D eigenvalue weighted by molar-refractivity contribution is 6.13. The van der Waals surface area contributed by atoms with Gasteiger partial charge in [-0.1, -0.05) is 23.3 Å². The van der Waals surface area contributed by atoms with E-state index in [9.17, 15) is 4.79 Å². The van der Waals surface area contributed by atoms with Crippen molar-refractivity contribution in [1.82, 2.24) is 0 Å². The second-order valence-electron chi connectivity index (χ2n) is 4.85. The Bertz CT molecular complexity index is 404. The number of rotatable bonds is 2. The third-order valence-electron chi connectivity index (χ3n) is 2.65. The van der Waals surface area contributed by atoms with Gasteiger partial charge in [-0.3, -0.25) is 4.79 Å². The van der Waals surface area contributed by atoms with Gasteiger partial charge in [0, 0.05) is 11.1 Å². The van der Waals surface area contributed by atoms with Crippen LogP contribution >= 0.6 is 0 Å². The highest BCUT2D eigenvalue weighted by atomic mass is 16.1. The van der Waals surface area contributed by atoms with Crippen molar-refractivity contribution in [2.24, 2.45) is 0 Å². The molecule has 1 nitrogen and oxygen atoms in total. The Labute approximate surface area is 98.2 Å². The van der Waals surface area contributed by atoms with Gasteiger partial charge >= 0.3 is 0 Å². The van der Waals surface area contributed by atoms with Crippen molar-refractivity contribution in [3.63, 3.8) is 0 Å². The fourth-order valence-corrected chi connectivity index (χ4v) is 1.88. The first-order valence-corrected chi connectivity index (χ1v) is 5.61. The summed E-state index contributed by atoms with van der Waals surface area (Å²) in [6, 6.07) is 0. The lowest BCUT2D eigenvalue weighted by Gasteiger charge is -2.03. The van der Waals surface area contributed by atoms with Crippen molar-refractivity contribution in [1.29, 1.82) is 0 Å². The first-order chi connectivity index (χ1) is 7.34. The molecule has 0 radical (unpaired) electrons. The molecule has 0 N–H and O–H groups in total. The lowest BCUT2D eigenvalue weighted by atomic mass is 10.0. The lowest BCUT2D eigenvalue weighted by molar-refractivity contribution is -0.112. The Balaban J connectivity index is 3.37. The largest absolute Gasteiger partial charge is 0.289 e. The van der Waals surface area contributed by atoms with Crippen LogP contribution in [0.5, 0.6) is 0 Å². The molecule has 0 spiro atoms. The van der Waals surface area contributed by atoms with E-state index < -0.39 is 0 Å². The molecule has 0 heterocycles. The van der Waals surface area contributed by atoms with E-state index in [1.165, 1.54) is 11.1 Å². The number of ketones is 1. The van der Waals surface area contributed by atoms with Crippen molar-refractivity contribution in [3.8, 4) is 0 Å². The molecule has 1 heteroatoms. The van der Waals surface area contributed by atoms with Gasteiger partial charge in [-0.25, -0.2) is 0 Å². The minimum atomic E-state index is 0.181. The quantitative estimate of drug-likeness (QED) is 0.678. The van der Waals surface area contributed by atoms with E-state index >= 15 is 0 Å². The topological polar surface area (TPSA) is 17.1 Å². The van der Waals surface area contributed by atoms with E-state index in [0.29, 0.717) is 0 Å². The molecule has 1 rings (SSSR count). The third kappa shape index (κ3) is 2.41. The smallest absolute Gasteiger partial charge is 0.185 e. The molecule has 0 saturated heterocycles. The molecule has 0 aromatic heterocycles. The number of carbonyl (C=O) groups excluding carboxylic acids is 1. The maximum absolute atomic E-state index is 11.9. The zero-order valence-electron chi connectivity index (χ0n) is 11.1. The number of hydrogen-bond acceptors (Lipinski definition) is 1. The lowest BCUT2D eigenvalue weighted by Crippen LogP contribution is -1.95. The molecule has 0 fully saturated rings. The average Bonchev–Trinajstić information content (AvgIpc) is 2.34. The van der Waals surface area contributed by atoms with Crippen molar-refractivity contribution in [2.75, 3.05) is 0 Å².